The van der Waals surface area contributed by atoms with Gasteiger partial charge in [0.05, 0.1) is 0 Å². The zero-order valence-electron chi connectivity index (χ0n) is 10.4. The van der Waals surface area contributed by atoms with Gasteiger partial charge in [0.15, 0.2) is 0 Å². The van der Waals surface area contributed by atoms with E-state index in [-0.39, 0.29) is 0 Å². The van der Waals surface area contributed by atoms with Gasteiger partial charge in [-0.3, -0.25) is 0 Å². The number of nitrogens with two attached hydrogens (primary N) is 2. The molecule has 0 heterocycles. The lowest BCUT2D eigenvalue weighted by atomic mass is 10.0. The lowest BCUT2D eigenvalue weighted by Crippen LogP contribution is -2.68. The molecule has 0 saturated carbocycles. The van der Waals surface area contributed by atoms with Crippen LogP contribution < -0.4 is 10.9 Å². The maximum absolute atomic E-state index is 12.6. The predicted octanol–water partition coefficient (Wildman–Crippen LogP) is 1.96. The smallest absolute Gasteiger partial charge is 0.460 e. The zero-order valence-corrected chi connectivity index (χ0v) is 11.2. The standard InChI is InChI=1S/C5H2F11NO2S.CH3NO2/c6-1(7,2(8,9)4(12,13)14)3(10,11)5(15,16)20(17,18)19;2-1(3)4/h(H2,17,18,19);2H2,(H,3,4). The fourth-order valence-corrected chi connectivity index (χ4v) is 1.22. The topological polar surface area (TPSA) is 123 Å². The molecule has 0 atom stereocenters. The van der Waals surface area contributed by atoms with Gasteiger partial charge >= 0.3 is 35.3 Å². The number of primary sulfonamides is 1. The van der Waals surface area contributed by atoms with Gasteiger partial charge in [0.25, 0.3) is 10.0 Å². The molecule has 0 aromatic rings. The van der Waals surface area contributed by atoms with Crippen LogP contribution in [0.25, 0.3) is 0 Å². The van der Waals surface area contributed by atoms with Crippen LogP contribution in [0, 0.1) is 0 Å². The second-order valence-electron chi connectivity index (χ2n) is 3.62. The van der Waals surface area contributed by atoms with Crippen LogP contribution in [0.15, 0.2) is 0 Å². The molecule has 0 bridgehead atoms. The average Bonchev–Trinajstić information content (AvgIpc) is 2.23. The van der Waals surface area contributed by atoms with Gasteiger partial charge < -0.3 is 10.8 Å². The van der Waals surface area contributed by atoms with Crippen molar-refractivity contribution in [3.63, 3.8) is 0 Å². The number of primary amides is 1. The number of hydrogen-bond acceptors (Lipinski definition) is 3. The van der Waals surface area contributed by atoms with Crippen molar-refractivity contribution in [2.75, 3.05) is 0 Å². The van der Waals surface area contributed by atoms with Crippen LogP contribution in [-0.2, 0) is 10.0 Å². The number of carbonyl (C=O) groups is 1. The van der Waals surface area contributed by atoms with E-state index in [9.17, 15) is 56.7 Å². The summed E-state index contributed by atoms with van der Waals surface area (Å²) < 4.78 is 154. The van der Waals surface area contributed by atoms with Gasteiger partial charge in [-0.05, 0) is 0 Å². The van der Waals surface area contributed by atoms with Crippen molar-refractivity contribution in [1.29, 1.82) is 0 Å². The van der Waals surface area contributed by atoms with E-state index in [1.165, 1.54) is 0 Å². The Morgan fingerprint density at radius 1 is 0.750 bits per heavy atom. The van der Waals surface area contributed by atoms with Crippen molar-refractivity contribution in [3.05, 3.63) is 0 Å². The van der Waals surface area contributed by atoms with Crippen molar-refractivity contribution in [2.45, 2.75) is 29.2 Å². The van der Waals surface area contributed by atoms with Crippen LogP contribution in [0.5, 0.6) is 0 Å². The number of halogens is 11. The van der Waals surface area contributed by atoms with Crippen LogP contribution in [0.1, 0.15) is 0 Å². The summed E-state index contributed by atoms with van der Waals surface area (Å²) in [6.45, 7) is 0. The third-order valence-electron chi connectivity index (χ3n) is 1.87. The van der Waals surface area contributed by atoms with Crippen molar-refractivity contribution in [3.8, 4) is 0 Å². The van der Waals surface area contributed by atoms with Gasteiger partial charge in [0, 0.05) is 0 Å². The fraction of sp³-hybridized carbons (Fsp3) is 0.833. The first-order chi connectivity index (χ1) is 9.98. The summed E-state index contributed by atoms with van der Waals surface area (Å²) in [6, 6.07) is 0. The Balaban J connectivity index is 0. The predicted molar refractivity (Wildman–Crippen MR) is 51.2 cm³/mol. The quantitative estimate of drug-likeness (QED) is 0.613. The van der Waals surface area contributed by atoms with E-state index in [0.29, 0.717) is 0 Å². The maximum atomic E-state index is 12.6. The average molecular weight is 410 g/mol. The van der Waals surface area contributed by atoms with E-state index in [4.69, 9.17) is 9.90 Å². The maximum Gasteiger partial charge on any atom is 0.460 e. The second kappa shape index (κ2) is 6.37. The second-order valence-corrected chi connectivity index (χ2v) is 5.22. The Kier molecular flexibility index (Phi) is 6.55. The first-order valence-electron chi connectivity index (χ1n) is 4.57. The molecule has 146 valence electrons. The molecule has 24 heavy (non-hydrogen) atoms. The number of carboxylic acid groups (broad SMARTS) is 1. The summed E-state index contributed by atoms with van der Waals surface area (Å²) in [7, 11) is -6.91. The molecule has 1 amide bonds. The first kappa shape index (κ1) is 24.7. The van der Waals surface area contributed by atoms with Gasteiger partial charge in [-0.25, -0.2) is 18.4 Å². The van der Waals surface area contributed by atoms with Gasteiger partial charge in [0.2, 0.25) is 0 Å². The van der Waals surface area contributed by atoms with Gasteiger partial charge in [-0.15, -0.1) is 0 Å². The molecule has 0 aliphatic carbocycles. The number of amides is 1. The van der Waals surface area contributed by atoms with Gasteiger partial charge in [-0.1, -0.05) is 0 Å². The Labute approximate surface area is 124 Å². The molecule has 6 nitrogen and oxygen atoms in total. The van der Waals surface area contributed by atoms with Gasteiger partial charge in [-0.2, -0.15) is 48.3 Å². The van der Waals surface area contributed by atoms with Crippen molar-refractivity contribution < 1.29 is 66.6 Å². The number of sulfonamides is 1. The lowest BCUT2D eigenvalue weighted by molar-refractivity contribution is -0.413. The van der Waals surface area contributed by atoms with Crippen molar-refractivity contribution in [2.24, 2.45) is 10.9 Å². The van der Waals surface area contributed by atoms with E-state index in [1.54, 1.807) is 0 Å². The monoisotopic (exact) mass is 410 g/mol. The fourth-order valence-electron chi connectivity index (χ4n) is 0.737. The van der Waals surface area contributed by atoms with Crippen LogP contribution in [0.2, 0.25) is 0 Å². The van der Waals surface area contributed by atoms with Crippen molar-refractivity contribution >= 4 is 16.1 Å². The molecule has 0 unspecified atom stereocenters. The molecule has 0 spiro atoms. The highest BCUT2D eigenvalue weighted by atomic mass is 32.2. The highest BCUT2D eigenvalue weighted by molar-refractivity contribution is 7.90. The Morgan fingerprint density at radius 2 is 1.00 bits per heavy atom. The summed E-state index contributed by atoms with van der Waals surface area (Å²) in [5, 5.41) is 3.55. The third kappa shape index (κ3) is 4.08. The molecular weight excluding hydrogens is 405 g/mol. The summed E-state index contributed by atoms with van der Waals surface area (Å²) >= 11 is 0. The highest BCUT2D eigenvalue weighted by Crippen LogP contribution is 2.57. The minimum atomic E-state index is -7.78. The van der Waals surface area contributed by atoms with Crippen LogP contribution in [0.3, 0.4) is 0 Å². The van der Waals surface area contributed by atoms with Crippen LogP contribution in [0.4, 0.5) is 53.1 Å². The normalized spacial score (nSPS) is 14.7. The van der Waals surface area contributed by atoms with E-state index < -0.39 is 45.3 Å². The summed E-state index contributed by atoms with van der Waals surface area (Å²) in [6.07, 6.45) is -8.69. The van der Waals surface area contributed by atoms with Crippen LogP contribution >= 0.6 is 0 Å². The number of hydrogen-bond donors (Lipinski definition) is 3. The number of rotatable bonds is 4. The minimum Gasteiger partial charge on any atom is -0.465 e. The molecule has 5 N–H and O–H groups in total. The molecular formula is C6H5F11N2O4S. The Morgan fingerprint density at radius 3 is 1.17 bits per heavy atom. The lowest BCUT2D eigenvalue weighted by Gasteiger charge is -2.36. The zero-order chi connectivity index (χ0) is 20.6. The Bertz CT molecular complexity index is 566. The van der Waals surface area contributed by atoms with Gasteiger partial charge in [0.1, 0.15) is 0 Å². The highest BCUT2D eigenvalue weighted by Gasteiger charge is 2.89. The molecule has 0 saturated heterocycles. The van der Waals surface area contributed by atoms with Crippen molar-refractivity contribution in [1.82, 2.24) is 0 Å². The first-order valence-corrected chi connectivity index (χ1v) is 6.11. The SMILES string of the molecule is NC(=O)O.NS(=O)(=O)C(F)(F)C(F)(F)C(F)(F)C(F)(F)C(F)(F)F. The largest absolute Gasteiger partial charge is 0.465 e. The molecule has 0 aromatic heterocycles. The summed E-state index contributed by atoms with van der Waals surface area (Å²) in [4.78, 5) is 8.78. The third-order valence-corrected chi connectivity index (χ3v) is 2.84. The van der Waals surface area contributed by atoms with E-state index in [0.717, 1.165) is 0 Å². The minimum absolute atomic E-state index is 1.33. The molecule has 18 heteroatoms. The molecule has 0 rings (SSSR count). The molecule has 0 aromatic carbocycles. The molecule has 0 radical (unpaired) electrons. The number of alkyl halides is 11. The molecule has 0 aliphatic rings. The van der Waals surface area contributed by atoms with E-state index in [2.05, 4.69) is 10.9 Å². The van der Waals surface area contributed by atoms with E-state index in [1.807, 2.05) is 0 Å². The summed E-state index contributed by atoms with van der Waals surface area (Å²) in [5.74, 6) is -23.1. The molecule has 0 aliphatic heterocycles. The Hall–Kier alpha value is -1.59. The summed E-state index contributed by atoms with van der Waals surface area (Å²) in [5.41, 5.74) is 4.03. The van der Waals surface area contributed by atoms with E-state index >= 15 is 0 Å². The van der Waals surface area contributed by atoms with Crippen LogP contribution in [-0.4, -0.2) is 48.8 Å². The molecule has 0 fully saturated rings.